The number of benzene rings is 1. The predicted molar refractivity (Wildman–Crippen MR) is 160 cm³/mol. The summed E-state index contributed by atoms with van der Waals surface area (Å²) in [7, 11) is 0. The first-order chi connectivity index (χ1) is 20.2. The van der Waals surface area contributed by atoms with Crippen LogP contribution < -0.4 is 15.0 Å². The number of rotatable bonds is 8. The smallest absolute Gasteiger partial charge is 0.241 e. The average molecular weight is 584 g/mol. The molecule has 2 aromatic rings. The number of ether oxygens (including phenoxy) is 2. The number of morpholine rings is 1. The van der Waals surface area contributed by atoms with Crippen LogP contribution in [0.25, 0.3) is 0 Å². The molecular formula is C32H46FN5O4. The fraction of sp³-hybridized carbons (Fsp3) is 0.625. The first-order valence-corrected chi connectivity index (χ1v) is 15.4. The van der Waals surface area contributed by atoms with Gasteiger partial charge < -0.3 is 24.8 Å². The zero-order valence-electron chi connectivity index (χ0n) is 25.6. The van der Waals surface area contributed by atoms with E-state index < -0.39 is 0 Å². The summed E-state index contributed by atoms with van der Waals surface area (Å²) < 4.78 is 25.3. The van der Waals surface area contributed by atoms with Gasteiger partial charge in [0.1, 0.15) is 18.1 Å². The molecule has 42 heavy (non-hydrogen) atoms. The fourth-order valence-electron chi connectivity index (χ4n) is 7.01. The molecule has 4 heterocycles. The second-order valence-corrected chi connectivity index (χ2v) is 12.3. The lowest BCUT2D eigenvalue weighted by molar-refractivity contribution is -0.123. The molecule has 230 valence electrons. The number of carbonyl (C=O) groups is 1. The molecule has 1 aromatic heterocycles. The normalized spacial score (nSPS) is 27.8. The van der Waals surface area contributed by atoms with Crippen molar-refractivity contribution < 1.29 is 23.8 Å². The van der Waals surface area contributed by atoms with E-state index in [0.717, 1.165) is 43.9 Å². The molecule has 1 unspecified atom stereocenters. The molecule has 0 bridgehead atoms. The lowest BCUT2D eigenvalue weighted by Crippen LogP contribution is -2.67. The molecule has 10 heteroatoms. The Hall–Kier alpha value is -2.63. The second-order valence-electron chi connectivity index (χ2n) is 12.3. The molecule has 3 aliphatic heterocycles. The Morgan fingerprint density at radius 2 is 1.83 bits per heavy atom. The van der Waals surface area contributed by atoms with Gasteiger partial charge in [0.05, 0.1) is 38.1 Å². The van der Waals surface area contributed by atoms with E-state index in [1.807, 2.05) is 17.9 Å². The Labute approximate surface area is 249 Å². The third-order valence-corrected chi connectivity index (χ3v) is 9.00. The van der Waals surface area contributed by atoms with Crippen LogP contribution in [0.5, 0.6) is 5.88 Å². The minimum absolute atomic E-state index is 0.00959. The number of fused-ring (bicyclic) bond motifs is 1. The molecule has 2 saturated heterocycles. The number of pyridine rings is 1. The van der Waals surface area contributed by atoms with Crippen molar-refractivity contribution in [2.45, 2.75) is 90.3 Å². The highest BCUT2D eigenvalue weighted by Crippen LogP contribution is 2.35. The molecule has 9 nitrogen and oxygen atoms in total. The van der Waals surface area contributed by atoms with Gasteiger partial charge in [0, 0.05) is 43.3 Å². The van der Waals surface area contributed by atoms with Gasteiger partial charge in [0.25, 0.3) is 0 Å². The van der Waals surface area contributed by atoms with E-state index in [1.54, 1.807) is 12.1 Å². The third kappa shape index (κ3) is 6.48. The van der Waals surface area contributed by atoms with Gasteiger partial charge in [-0.3, -0.25) is 14.6 Å². The lowest BCUT2D eigenvalue weighted by Gasteiger charge is -2.51. The summed E-state index contributed by atoms with van der Waals surface area (Å²) >= 11 is 0. The van der Waals surface area contributed by atoms with Gasteiger partial charge in [-0.1, -0.05) is 19.1 Å². The minimum Gasteiger partial charge on any atom is -0.474 e. The monoisotopic (exact) mass is 583 g/mol. The van der Waals surface area contributed by atoms with Crippen LogP contribution in [0.4, 0.5) is 10.1 Å². The molecule has 2 N–H and O–H groups in total. The lowest BCUT2D eigenvalue weighted by atomic mass is 9.94. The van der Waals surface area contributed by atoms with Crippen molar-refractivity contribution >= 4 is 11.6 Å². The number of aromatic nitrogens is 1. The van der Waals surface area contributed by atoms with E-state index in [9.17, 15) is 14.3 Å². The molecule has 1 aromatic carbocycles. The number of nitrogens with one attached hydrogen (secondary N) is 1. The van der Waals surface area contributed by atoms with Crippen LogP contribution in [0.3, 0.4) is 0 Å². The van der Waals surface area contributed by atoms with E-state index in [-0.39, 0.29) is 42.5 Å². The van der Waals surface area contributed by atoms with Crippen molar-refractivity contribution in [3.8, 4) is 5.88 Å². The maximum absolute atomic E-state index is 14.2. The molecule has 1 amide bonds. The molecule has 0 aliphatic carbocycles. The molecule has 0 radical (unpaired) electrons. The summed E-state index contributed by atoms with van der Waals surface area (Å²) in [5.74, 6) is 0.0726. The number of aliphatic hydroxyl groups excluding tert-OH is 1. The molecule has 6 atom stereocenters. The molecule has 0 saturated carbocycles. The minimum atomic E-state index is -0.299. The Kier molecular flexibility index (Phi) is 9.79. The van der Waals surface area contributed by atoms with E-state index >= 15 is 0 Å². The van der Waals surface area contributed by atoms with Gasteiger partial charge >= 0.3 is 0 Å². The van der Waals surface area contributed by atoms with Gasteiger partial charge in [-0.2, -0.15) is 0 Å². The predicted octanol–water partition coefficient (Wildman–Crippen LogP) is 2.97. The van der Waals surface area contributed by atoms with E-state index in [1.165, 1.54) is 12.1 Å². The van der Waals surface area contributed by atoms with Crippen molar-refractivity contribution in [2.24, 2.45) is 0 Å². The average Bonchev–Trinajstić information content (AvgIpc) is 2.96. The number of aliphatic hydroxyl groups is 1. The Morgan fingerprint density at radius 3 is 2.50 bits per heavy atom. The quantitative estimate of drug-likeness (QED) is 0.491. The number of anilines is 1. The van der Waals surface area contributed by atoms with E-state index in [2.05, 4.69) is 47.8 Å². The number of nitrogens with zero attached hydrogens (tertiary/aromatic N) is 4. The molecule has 0 spiro atoms. The number of piperazine rings is 1. The number of hydrogen-bond acceptors (Lipinski definition) is 8. The summed E-state index contributed by atoms with van der Waals surface area (Å²) in [4.78, 5) is 25.6. The van der Waals surface area contributed by atoms with Crippen LogP contribution in [-0.4, -0.2) is 102 Å². The number of hydrogen-bond donors (Lipinski definition) is 2. The highest BCUT2D eigenvalue weighted by molar-refractivity contribution is 5.97. The summed E-state index contributed by atoms with van der Waals surface area (Å²) in [6.07, 6.45) is 1.44. The maximum atomic E-state index is 14.2. The summed E-state index contributed by atoms with van der Waals surface area (Å²) in [6, 6.07) is 9.41. The van der Waals surface area contributed by atoms with Gasteiger partial charge in [0.15, 0.2) is 0 Å². The van der Waals surface area contributed by atoms with Crippen molar-refractivity contribution in [3.63, 3.8) is 0 Å². The van der Waals surface area contributed by atoms with Gasteiger partial charge in [0.2, 0.25) is 11.8 Å². The molecule has 5 rings (SSSR count). The molecule has 3 aliphatic rings. The maximum Gasteiger partial charge on any atom is 0.241 e. The fourth-order valence-corrected chi connectivity index (χ4v) is 7.01. The highest BCUT2D eigenvalue weighted by atomic mass is 19.1. The van der Waals surface area contributed by atoms with Crippen LogP contribution in [0.2, 0.25) is 0 Å². The highest BCUT2D eigenvalue weighted by Gasteiger charge is 2.41. The number of carbonyl (C=O) groups excluding carboxylic acids is 1. The van der Waals surface area contributed by atoms with Gasteiger partial charge in [-0.15, -0.1) is 0 Å². The number of amides is 1. The van der Waals surface area contributed by atoms with Gasteiger partial charge in [-0.05, 0) is 69.9 Å². The summed E-state index contributed by atoms with van der Waals surface area (Å²) in [5.41, 5.74) is 2.80. The van der Waals surface area contributed by atoms with Crippen molar-refractivity contribution in [1.82, 2.24) is 20.1 Å². The SMILES string of the molecule is CCC([C@H]1CN[C@H](C)CN1CC(=O)N1c2cc(Cc3ccc(F)cc3)c(CO)nc2OC[C@@H]1C)N1[C@H](C)COC[C@H]1C. The third-order valence-electron chi connectivity index (χ3n) is 9.00. The van der Waals surface area contributed by atoms with Crippen LogP contribution >= 0.6 is 0 Å². The van der Waals surface area contributed by atoms with Crippen LogP contribution in [0.15, 0.2) is 30.3 Å². The Balaban J connectivity index is 1.42. The zero-order valence-corrected chi connectivity index (χ0v) is 25.6. The van der Waals surface area contributed by atoms with Crippen LogP contribution in [0.1, 0.15) is 57.9 Å². The standard InChI is InChI=1S/C32H46FN5O4/c1-6-28(37-21(3)17-41-18-22(37)4)30-13-34-20(2)14-36(30)15-31(40)38-23(5)19-42-32-29(38)12-25(27(16-39)35-32)11-24-7-9-26(33)10-8-24/h7-10,12,20-23,28,30,34,39H,6,11,13-19H2,1-5H3/t20-,21-,22-,23+,28?,30-/m1/s1. The largest absolute Gasteiger partial charge is 0.474 e. The first kappa shape index (κ1) is 30.8. The number of halogens is 1. The Bertz CT molecular complexity index is 1220. The molecular weight excluding hydrogens is 537 g/mol. The topological polar surface area (TPSA) is 90.4 Å². The van der Waals surface area contributed by atoms with Crippen molar-refractivity contribution in [2.75, 3.05) is 44.4 Å². The zero-order chi connectivity index (χ0) is 30.0. The van der Waals surface area contributed by atoms with Crippen molar-refractivity contribution in [3.05, 3.63) is 53.0 Å². The van der Waals surface area contributed by atoms with E-state index in [0.29, 0.717) is 48.9 Å². The summed E-state index contributed by atoms with van der Waals surface area (Å²) in [5, 5.41) is 13.7. The van der Waals surface area contributed by atoms with Crippen LogP contribution in [-0.2, 0) is 22.6 Å². The first-order valence-electron chi connectivity index (χ1n) is 15.4. The Morgan fingerprint density at radius 1 is 1.12 bits per heavy atom. The van der Waals surface area contributed by atoms with Gasteiger partial charge in [-0.25, -0.2) is 9.37 Å². The van der Waals surface area contributed by atoms with Crippen molar-refractivity contribution in [1.29, 1.82) is 0 Å². The van der Waals surface area contributed by atoms with E-state index in [4.69, 9.17) is 9.47 Å². The van der Waals surface area contributed by atoms with Crippen LogP contribution in [0, 0.1) is 5.82 Å². The summed E-state index contributed by atoms with van der Waals surface area (Å²) in [6.45, 7) is 14.3. The molecule has 2 fully saturated rings. The second kappa shape index (κ2) is 13.3.